The Balaban J connectivity index is 0. The van der Waals surface area contributed by atoms with Gasteiger partial charge in [0.15, 0.2) is 0 Å². The third-order valence-corrected chi connectivity index (χ3v) is 0. The Morgan fingerprint density at radius 3 is 1.00 bits per heavy atom. The van der Waals surface area contributed by atoms with Crippen molar-refractivity contribution in [1.29, 1.82) is 0 Å². The molecule has 0 aromatic carbocycles. The van der Waals surface area contributed by atoms with Crippen LogP contribution in [0.4, 0.5) is 0 Å². The molecule has 4 heteroatoms. The second-order valence-electron chi connectivity index (χ2n) is 0. The van der Waals surface area contributed by atoms with Crippen LogP contribution in [-0.4, -0.2) is 0 Å². The zero-order valence-electron chi connectivity index (χ0n) is 1.81. The van der Waals surface area contributed by atoms with E-state index in [0.717, 1.165) is 0 Å². The van der Waals surface area contributed by atoms with Gasteiger partial charge < -0.3 is 0 Å². The fraction of sp³-hybridized carbons (Fsp3) is 0. The molecule has 0 aromatic heterocycles. The summed E-state index contributed by atoms with van der Waals surface area (Å²) in [7, 11) is 0. The van der Waals surface area contributed by atoms with Crippen LogP contribution >= 0.6 is 0 Å². The standard InChI is InChI=1S/Au.Cu.Ti.Zn. The SMILES string of the molecule is [Au].[Cu].[Ti].[Zn]. The summed E-state index contributed by atoms with van der Waals surface area (Å²) in [5.74, 6) is 0. The van der Waals surface area contributed by atoms with E-state index in [1.807, 2.05) is 0 Å². The van der Waals surface area contributed by atoms with E-state index in [9.17, 15) is 0 Å². The first kappa shape index (κ1) is 30.6. The summed E-state index contributed by atoms with van der Waals surface area (Å²) in [6.45, 7) is 0. The molecule has 0 spiro atoms. The van der Waals surface area contributed by atoms with Gasteiger partial charge in [0, 0.05) is 80.6 Å². The van der Waals surface area contributed by atoms with Gasteiger partial charge in [-0.25, -0.2) is 0 Å². The molecule has 4 heavy (non-hydrogen) atoms. The summed E-state index contributed by atoms with van der Waals surface area (Å²) in [6, 6.07) is 0. The maximum absolute atomic E-state index is 0. The fourth-order valence-corrected chi connectivity index (χ4v) is 0. The van der Waals surface area contributed by atoms with Gasteiger partial charge in [-0.3, -0.25) is 0 Å². The Morgan fingerprint density at radius 2 is 1.00 bits per heavy atom. The molecule has 0 aromatic rings. The van der Waals surface area contributed by atoms with Gasteiger partial charge in [0.05, 0.1) is 0 Å². The summed E-state index contributed by atoms with van der Waals surface area (Å²) in [6.07, 6.45) is 0. The zero-order valence-corrected chi connectivity index (χ0v) is 9.45. The quantitative estimate of drug-likeness (QED) is 0.524. The molecule has 0 aliphatic heterocycles. The molecule has 0 amide bonds. The second kappa shape index (κ2) is 17.5. The van der Waals surface area contributed by atoms with E-state index in [0.29, 0.717) is 0 Å². The minimum atomic E-state index is 0. The second-order valence-corrected chi connectivity index (χ2v) is 0. The van der Waals surface area contributed by atoms with Crippen LogP contribution < -0.4 is 0 Å². The van der Waals surface area contributed by atoms with Crippen LogP contribution in [0.5, 0.6) is 0 Å². The first-order valence-electron chi connectivity index (χ1n) is 0. The van der Waals surface area contributed by atoms with Gasteiger partial charge in [-0.1, -0.05) is 0 Å². The van der Waals surface area contributed by atoms with E-state index in [1.165, 1.54) is 0 Å². The number of rotatable bonds is 0. The van der Waals surface area contributed by atoms with E-state index < -0.39 is 0 Å². The molecular weight excluding hydrogens is 374 g/mol. The van der Waals surface area contributed by atoms with Gasteiger partial charge in [-0.05, 0) is 0 Å². The van der Waals surface area contributed by atoms with Gasteiger partial charge in [0.25, 0.3) is 0 Å². The van der Waals surface area contributed by atoms with Crippen LogP contribution in [0, 0.1) is 0 Å². The molecule has 0 N–H and O–H groups in total. The van der Waals surface area contributed by atoms with Crippen molar-refractivity contribution in [3.63, 3.8) is 0 Å². The Kier molecular flexibility index (Phi) is 134. The normalized spacial score (nSPS) is 0. The Morgan fingerprint density at radius 1 is 1.00 bits per heavy atom. The molecule has 0 saturated carbocycles. The average Bonchev–Trinajstić information content (AvgIpc) is 0. The van der Waals surface area contributed by atoms with Gasteiger partial charge in [-0.2, -0.15) is 0 Å². The monoisotopic (exact) mass is 372 g/mol. The molecule has 0 rings (SSSR count). The first-order valence-corrected chi connectivity index (χ1v) is 0. The Hall–Kier alpha value is 2.60. The van der Waals surface area contributed by atoms with Crippen molar-refractivity contribution in [2.24, 2.45) is 0 Å². The summed E-state index contributed by atoms with van der Waals surface area (Å²) in [4.78, 5) is 0. The molecule has 2 radical (unpaired) electrons. The largest absolute Gasteiger partial charge is 0 e. The van der Waals surface area contributed by atoms with Crippen LogP contribution in [-0.2, 0) is 80.6 Å². The molecule has 28 valence electrons. The maximum atomic E-state index is 0. The Labute approximate surface area is 79.5 Å². The minimum absolute atomic E-state index is 0. The summed E-state index contributed by atoms with van der Waals surface area (Å²) < 4.78 is 0. The van der Waals surface area contributed by atoms with Crippen molar-refractivity contribution < 1.29 is 80.6 Å². The van der Waals surface area contributed by atoms with Gasteiger partial charge in [-0.15, -0.1) is 0 Å². The third kappa shape index (κ3) is 8.82. The van der Waals surface area contributed by atoms with Crippen molar-refractivity contribution in [1.82, 2.24) is 0 Å². The fourth-order valence-electron chi connectivity index (χ4n) is 0. The van der Waals surface area contributed by atoms with E-state index in [2.05, 4.69) is 0 Å². The topological polar surface area (TPSA) is 0 Å². The van der Waals surface area contributed by atoms with Crippen LogP contribution in [0.25, 0.3) is 0 Å². The van der Waals surface area contributed by atoms with E-state index in [-0.39, 0.29) is 80.6 Å². The van der Waals surface area contributed by atoms with Crippen LogP contribution in [0.1, 0.15) is 0 Å². The zero-order chi connectivity index (χ0) is 0. The van der Waals surface area contributed by atoms with E-state index in [4.69, 9.17) is 0 Å². The molecule has 0 atom stereocenters. The molecule has 0 unspecified atom stereocenters. The van der Waals surface area contributed by atoms with Crippen molar-refractivity contribution in [3.8, 4) is 0 Å². The molecule has 0 heterocycles. The molecule has 0 aliphatic carbocycles. The molecular formula is AuCuTiZn. The van der Waals surface area contributed by atoms with Gasteiger partial charge >= 0.3 is 0 Å². The first-order chi connectivity index (χ1) is 0. The molecule has 0 fully saturated rings. The van der Waals surface area contributed by atoms with Crippen LogP contribution in [0.3, 0.4) is 0 Å². The van der Waals surface area contributed by atoms with Gasteiger partial charge in [0.1, 0.15) is 0 Å². The summed E-state index contributed by atoms with van der Waals surface area (Å²) in [5, 5.41) is 0. The van der Waals surface area contributed by atoms with Crippen LogP contribution in [0.2, 0.25) is 0 Å². The van der Waals surface area contributed by atoms with Crippen molar-refractivity contribution in [2.75, 3.05) is 0 Å². The smallest absolute Gasteiger partial charge is 0 e. The molecule has 0 bridgehead atoms. The predicted molar refractivity (Wildman–Crippen MR) is 0 cm³/mol. The number of hydrogen-bond acceptors (Lipinski definition) is 0. The minimum Gasteiger partial charge on any atom is 0 e. The van der Waals surface area contributed by atoms with Gasteiger partial charge in [0.2, 0.25) is 0 Å². The van der Waals surface area contributed by atoms with Crippen molar-refractivity contribution >= 4 is 0 Å². The van der Waals surface area contributed by atoms with E-state index >= 15 is 0 Å². The van der Waals surface area contributed by atoms with E-state index in [1.54, 1.807) is 0 Å². The maximum Gasteiger partial charge on any atom is 0 e. The summed E-state index contributed by atoms with van der Waals surface area (Å²) >= 11 is 0. The predicted octanol–water partition coefficient (Wildman–Crippen LogP) is -0.0100. The molecule has 0 aliphatic rings. The third-order valence-electron chi connectivity index (χ3n) is 0. The number of hydrogen-bond donors (Lipinski definition) is 0. The average molecular weight is 374 g/mol. The molecule has 0 nitrogen and oxygen atoms in total. The summed E-state index contributed by atoms with van der Waals surface area (Å²) in [5.41, 5.74) is 0. The van der Waals surface area contributed by atoms with Crippen molar-refractivity contribution in [2.45, 2.75) is 0 Å². The molecule has 0 saturated heterocycles. The Bertz CT molecular complexity index is 8.00. The van der Waals surface area contributed by atoms with Crippen LogP contribution in [0.15, 0.2) is 0 Å². The van der Waals surface area contributed by atoms with Crippen molar-refractivity contribution in [3.05, 3.63) is 0 Å².